The van der Waals surface area contributed by atoms with Gasteiger partial charge in [0.25, 0.3) is 0 Å². The lowest BCUT2D eigenvalue weighted by molar-refractivity contribution is 0.295. The number of hydrogen-bond acceptors (Lipinski definition) is 5. The van der Waals surface area contributed by atoms with Crippen LogP contribution in [0.3, 0.4) is 0 Å². The molecule has 0 radical (unpaired) electrons. The van der Waals surface area contributed by atoms with Crippen LogP contribution in [0.5, 0.6) is 0 Å². The standard InChI is InChI=1S/C16H17N3O2/c1-10-8-11(6-7-17-10)16-18-15(19-21-16)13-9-20-14-5-3-2-4-12(13)14/h2-5,9-11,17H,6-8H2,1H3. The molecular weight excluding hydrogens is 266 g/mol. The van der Waals surface area contributed by atoms with Crippen LogP contribution >= 0.6 is 0 Å². The second kappa shape index (κ2) is 5.00. The number of benzene rings is 1. The van der Waals surface area contributed by atoms with Crippen molar-refractivity contribution in [2.24, 2.45) is 0 Å². The number of nitrogens with zero attached hydrogens (tertiary/aromatic N) is 2. The van der Waals surface area contributed by atoms with Gasteiger partial charge in [0.05, 0.1) is 5.56 Å². The molecule has 1 aliphatic rings. The summed E-state index contributed by atoms with van der Waals surface area (Å²) in [6, 6.07) is 8.38. The molecule has 1 N–H and O–H groups in total. The molecule has 0 aliphatic carbocycles. The molecule has 2 atom stereocenters. The summed E-state index contributed by atoms with van der Waals surface area (Å²) < 4.78 is 11.0. The molecule has 0 saturated carbocycles. The summed E-state index contributed by atoms with van der Waals surface area (Å²) in [7, 11) is 0. The van der Waals surface area contributed by atoms with Crippen LogP contribution in [-0.2, 0) is 0 Å². The zero-order valence-corrected chi connectivity index (χ0v) is 11.9. The van der Waals surface area contributed by atoms with Gasteiger partial charge in [-0.1, -0.05) is 23.4 Å². The maximum Gasteiger partial charge on any atom is 0.230 e. The van der Waals surface area contributed by atoms with E-state index < -0.39 is 0 Å². The summed E-state index contributed by atoms with van der Waals surface area (Å²) in [6.07, 6.45) is 3.77. The van der Waals surface area contributed by atoms with E-state index in [0.29, 0.717) is 17.8 Å². The predicted octanol–water partition coefficient (Wildman–Crippen LogP) is 3.34. The number of piperidine rings is 1. The van der Waals surface area contributed by atoms with E-state index in [1.165, 1.54) is 0 Å². The highest BCUT2D eigenvalue weighted by Crippen LogP contribution is 2.31. The van der Waals surface area contributed by atoms with Gasteiger partial charge in [0, 0.05) is 17.3 Å². The molecule has 0 spiro atoms. The van der Waals surface area contributed by atoms with Crippen LogP contribution in [0.15, 0.2) is 39.5 Å². The maximum atomic E-state index is 5.54. The van der Waals surface area contributed by atoms with Gasteiger partial charge in [0.15, 0.2) is 0 Å². The average Bonchev–Trinajstić information content (AvgIpc) is 3.14. The second-order valence-corrected chi connectivity index (χ2v) is 5.68. The highest BCUT2D eigenvalue weighted by atomic mass is 16.5. The third-order valence-corrected chi connectivity index (χ3v) is 4.14. The molecule has 1 aliphatic heterocycles. The van der Waals surface area contributed by atoms with Gasteiger partial charge in [-0.05, 0) is 32.4 Å². The third kappa shape index (κ3) is 2.23. The van der Waals surface area contributed by atoms with Crippen molar-refractivity contribution in [3.8, 4) is 11.4 Å². The number of rotatable bonds is 2. The Hall–Kier alpha value is -2.14. The Morgan fingerprint density at radius 1 is 1.29 bits per heavy atom. The molecule has 2 unspecified atom stereocenters. The lowest BCUT2D eigenvalue weighted by Gasteiger charge is -2.25. The van der Waals surface area contributed by atoms with Gasteiger partial charge >= 0.3 is 0 Å². The molecule has 1 aromatic carbocycles. The number of hydrogen-bond donors (Lipinski definition) is 1. The summed E-state index contributed by atoms with van der Waals surface area (Å²) >= 11 is 0. The first kappa shape index (κ1) is 12.6. The van der Waals surface area contributed by atoms with E-state index >= 15 is 0 Å². The normalized spacial score (nSPS) is 22.7. The SMILES string of the molecule is CC1CC(c2nc(-c3coc4ccccc34)no2)CCN1. The van der Waals surface area contributed by atoms with E-state index in [-0.39, 0.29) is 0 Å². The fourth-order valence-corrected chi connectivity index (χ4v) is 3.02. The Balaban J connectivity index is 1.68. The number of fused-ring (bicyclic) bond motifs is 1. The topological polar surface area (TPSA) is 64.1 Å². The molecule has 4 rings (SSSR count). The average molecular weight is 283 g/mol. The molecular formula is C16H17N3O2. The number of aromatic nitrogens is 2. The summed E-state index contributed by atoms with van der Waals surface area (Å²) in [6.45, 7) is 3.19. The Labute approximate surface area is 122 Å². The van der Waals surface area contributed by atoms with Crippen molar-refractivity contribution in [1.29, 1.82) is 0 Å². The number of furan rings is 1. The number of nitrogens with one attached hydrogen (secondary N) is 1. The van der Waals surface area contributed by atoms with Crippen molar-refractivity contribution in [1.82, 2.24) is 15.5 Å². The molecule has 0 bridgehead atoms. The van der Waals surface area contributed by atoms with Crippen molar-refractivity contribution >= 4 is 11.0 Å². The highest BCUT2D eigenvalue weighted by Gasteiger charge is 2.25. The van der Waals surface area contributed by atoms with Crippen LogP contribution in [0.4, 0.5) is 0 Å². The van der Waals surface area contributed by atoms with Gasteiger partial charge in [0.1, 0.15) is 11.8 Å². The van der Waals surface area contributed by atoms with E-state index in [2.05, 4.69) is 22.4 Å². The quantitative estimate of drug-likeness (QED) is 0.781. The van der Waals surface area contributed by atoms with Crippen molar-refractivity contribution in [2.45, 2.75) is 31.7 Å². The van der Waals surface area contributed by atoms with Crippen LogP contribution in [0.1, 0.15) is 31.6 Å². The van der Waals surface area contributed by atoms with Crippen LogP contribution in [-0.4, -0.2) is 22.7 Å². The minimum atomic E-state index is 0.348. The first-order chi connectivity index (χ1) is 10.3. The molecule has 21 heavy (non-hydrogen) atoms. The van der Waals surface area contributed by atoms with Crippen molar-refractivity contribution in [3.05, 3.63) is 36.4 Å². The summed E-state index contributed by atoms with van der Waals surface area (Å²) in [5.74, 6) is 1.70. The molecule has 108 valence electrons. The maximum absolute atomic E-state index is 5.54. The summed E-state index contributed by atoms with van der Waals surface area (Å²) in [5, 5.41) is 8.60. The van der Waals surface area contributed by atoms with Gasteiger partial charge in [-0.15, -0.1) is 0 Å². The van der Waals surface area contributed by atoms with Crippen molar-refractivity contribution < 1.29 is 8.94 Å². The predicted molar refractivity (Wildman–Crippen MR) is 78.9 cm³/mol. The highest BCUT2D eigenvalue weighted by molar-refractivity contribution is 5.91. The smallest absolute Gasteiger partial charge is 0.230 e. The van der Waals surface area contributed by atoms with E-state index in [9.17, 15) is 0 Å². The molecule has 5 nitrogen and oxygen atoms in total. The molecule has 3 heterocycles. The summed E-state index contributed by atoms with van der Waals surface area (Å²) in [4.78, 5) is 4.60. The molecule has 1 fully saturated rings. The van der Waals surface area contributed by atoms with Gasteiger partial charge in [-0.2, -0.15) is 4.98 Å². The van der Waals surface area contributed by atoms with Gasteiger partial charge in [-0.25, -0.2) is 0 Å². The lowest BCUT2D eigenvalue weighted by Crippen LogP contribution is -2.34. The molecule has 2 aromatic heterocycles. The van der Waals surface area contributed by atoms with E-state index in [1.54, 1.807) is 6.26 Å². The van der Waals surface area contributed by atoms with Crippen molar-refractivity contribution in [2.75, 3.05) is 6.54 Å². The van der Waals surface area contributed by atoms with Crippen molar-refractivity contribution in [3.63, 3.8) is 0 Å². The largest absolute Gasteiger partial charge is 0.464 e. The van der Waals surface area contributed by atoms with Crippen LogP contribution in [0.2, 0.25) is 0 Å². The molecule has 3 aromatic rings. The molecule has 1 saturated heterocycles. The Morgan fingerprint density at radius 3 is 3.10 bits per heavy atom. The third-order valence-electron chi connectivity index (χ3n) is 4.14. The molecule has 0 amide bonds. The zero-order valence-electron chi connectivity index (χ0n) is 11.9. The Kier molecular flexibility index (Phi) is 3.00. The minimum absolute atomic E-state index is 0.348. The van der Waals surface area contributed by atoms with Gasteiger partial charge < -0.3 is 14.3 Å². The van der Waals surface area contributed by atoms with Gasteiger partial charge in [0.2, 0.25) is 11.7 Å². The zero-order chi connectivity index (χ0) is 14.2. The van der Waals surface area contributed by atoms with Crippen LogP contribution < -0.4 is 5.32 Å². The lowest BCUT2D eigenvalue weighted by atomic mass is 9.93. The fraction of sp³-hybridized carbons (Fsp3) is 0.375. The van der Waals surface area contributed by atoms with Crippen LogP contribution in [0.25, 0.3) is 22.4 Å². The first-order valence-electron chi connectivity index (χ1n) is 7.35. The number of para-hydroxylation sites is 1. The van der Waals surface area contributed by atoms with E-state index in [1.807, 2.05) is 24.3 Å². The second-order valence-electron chi connectivity index (χ2n) is 5.68. The first-order valence-corrected chi connectivity index (χ1v) is 7.35. The minimum Gasteiger partial charge on any atom is -0.464 e. The van der Waals surface area contributed by atoms with Gasteiger partial charge in [-0.3, -0.25) is 0 Å². The Bertz CT molecular complexity index is 762. The molecule has 5 heteroatoms. The fourth-order valence-electron chi connectivity index (χ4n) is 3.02. The monoisotopic (exact) mass is 283 g/mol. The summed E-state index contributed by atoms with van der Waals surface area (Å²) in [5.41, 5.74) is 1.73. The van der Waals surface area contributed by atoms with E-state index in [0.717, 1.165) is 41.8 Å². The van der Waals surface area contributed by atoms with Crippen LogP contribution in [0, 0.1) is 0 Å². The Morgan fingerprint density at radius 2 is 2.19 bits per heavy atom. The van der Waals surface area contributed by atoms with E-state index in [4.69, 9.17) is 8.94 Å².